The lowest BCUT2D eigenvalue weighted by molar-refractivity contribution is -0.130. The summed E-state index contributed by atoms with van der Waals surface area (Å²) >= 11 is 0. The van der Waals surface area contributed by atoms with E-state index in [2.05, 4.69) is 54.6 Å². The standard InChI is InChI=1S/C31H22N2O2/c1-18(34)33-27(17-26(32-33)31-23-8-3-2-5-19(23)13-16-28(31)35)24-14-11-22-10-9-20-6-4-7-21-12-15-25(24)30(22)29(20)21/h2-16,27,35H,17H2,1H3. The minimum Gasteiger partial charge on any atom is -0.507 e. The second kappa shape index (κ2) is 7.28. The van der Waals surface area contributed by atoms with Crippen molar-refractivity contribution in [2.45, 2.75) is 19.4 Å². The first-order chi connectivity index (χ1) is 17.1. The van der Waals surface area contributed by atoms with Crippen molar-refractivity contribution in [2.75, 3.05) is 0 Å². The number of phenolic OH excluding ortho intramolecular Hbond substituents is 1. The number of carbonyl (C=O) groups is 1. The molecular formula is C31H22N2O2. The van der Waals surface area contributed by atoms with Crippen LogP contribution in [0.4, 0.5) is 0 Å². The van der Waals surface area contributed by atoms with E-state index in [1.807, 2.05) is 30.3 Å². The molecule has 0 aromatic heterocycles. The maximum Gasteiger partial charge on any atom is 0.240 e. The Morgan fingerprint density at radius 1 is 0.771 bits per heavy atom. The van der Waals surface area contributed by atoms with E-state index < -0.39 is 0 Å². The smallest absolute Gasteiger partial charge is 0.240 e. The number of rotatable bonds is 2. The molecule has 6 aromatic carbocycles. The van der Waals surface area contributed by atoms with Gasteiger partial charge in [-0.25, -0.2) is 5.01 Å². The average Bonchev–Trinajstić information content (AvgIpc) is 3.32. The summed E-state index contributed by atoms with van der Waals surface area (Å²) < 4.78 is 0. The first-order valence-corrected chi connectivity index (χ1v) is 11.8. The van der Waals surface area contributed by atoms with Gasteiger partial charge in [-0.1, -0.05) is 84.9 Å². The Bertz CT molecular complexity index is 1820. The lowest BCUT2D eigenvalue weighted by atomic mass is 9.88. The fourth-order valence-corrected chi connectivity index (χ4v) is 5.81. The van der Waals surface area contributed by atoms with Crippen molar-refractivity contribution in [3.05, 3.63) is 102 Å². The summed E-state index contributed by atoms with van der Waals surface area (Å²) in [6.07, 6.45) is 0.533. The van der Waals surface area contributed by atoms with Gasteiger partial charge >= 0.3 is 0 Å². The van der Waals surface area contributed by atoms with E-state index in [4.69, 9.17) is 5.10 Å². The highest BCUT2D eigenvalue weighted by atomic mass is 16.3. The van der Waals surface area contributed by atoms with Gasteiger partial charge in [0.15, 0.2) is 0 Å². The van der Waals surface area contributed by atoms with Crippen LogP contribution in [-0.4, -0.2) is 21.7 Å². The Labute approximate surface area is 202 Å². The summed E-state index contributed by atoms with van der Waals surface area (Å²) in [6.45, 7) is 1.55. The van der Waals surface area contributed by atoms with Gasteiger partial charge < -0.3 is 5.11 Å². The summed E-state index contributed by atoms with van der Waals surface area (Å²) in [5, 5.41) is 26.4. The van der Waals surface area contributed by atoms with E-state index in [9.17, 15) is 9.90 Å². The second-order valence-corrected chi connectivity index (χ2v) is 9.32. The molecule has 1 N–H and O–H groups in total. The number of hydrazone groups is 1. The van der Waals surface area contributed by atoms with Crippen LogP contribution in [0.15, 0.2) is 96.1 Å². The van der Waals surface area contributed by atoms with Crippen molar-refractivity contribution >= 4 is 54.7 Å². The van der Waals surface area contributed by atoms with Gasteiger partial charge in [-0.2, -0.15) is 5.10 Å². The van der Waals surface area contributed by atoms with Crippen molar-refractivity contribution in [1.29, 1.82) is 0 Å². The highest BCUT2D eigenvalue weighted by Gasteiger charge is 2.34. The normalized spacial score (nSPS) is 16.1. The average molecular weight is 455 g/mol. The third kappa shape index (κ3) is 2.86. The summed E-state index contributed by atoms with van der Waals surface area (Å²) in [7, 11) is 0. The molecule has 6 aromatic rings. The summed E-state index contributed by atoms with van der Waals surface area (Å²) in [4.78, 5) is 12.8. The Hall–Kier alpha value is -4.44. The Balaban J connectivity index is 1.43. The highest BCUT2D eigenvalue weighted by molar-refractivity contribution is 6.24. The minimum absolute atomic E-state index is 0.115. The first kappa shape index (κ1) is 20.0. The molecule has 1 unspecified atom stereocenters. The number of amides is 1. The van der Waals surface area contributed by atoms with Crippen molar-refractivity contribution in [1.82, 2.24) is 5.01 Å². The molecule has 168 valence electrons. The highest BCUT2D eigenvalue weighted by Crippen LogP contribution is 2.43. The fraction of sp³-hybridized carbons (Fsp3) is 0.0968. The van der Waals surface area contributed by atoms with Crippen LogP contribution in [0.3, 0.4) is 0 Å². The molecule has 1 aliphatic rings. The summed E-state index contributed by atoms with van der Waals surface area (Å²) in [5.74, 6) is 0.0670. The fourth-order valence-electron chi connectivity index (χ4n) is 5.81. The lowest BCUT2D eigenvalue weighted by Crippen LogP contribution is -2.24. The van der Waals surface area contributed by atoms with Crippen LogP contribution < -0.4 is 0 Å². The minimum atomic E-state index is -0.245. The van der Waals surface area contributed by atoms with Gasteiger partial charge in [0.2, 0.25) is 5.91 Å². The predicted molar refractivity (Wildman–Crippen MR) is 142 cm³/mol. The van der Waals surface area contributed by atoms with Gasteiger partial charge in [0.1, 0.15) is 5.75 Å². The lowest BCUT2D eigenvalue weighted by Gasteiger charge is -2.23. The number of hydrogen-bond donors (Lipinski definition) is 1. The zero-order valence-corrected chi connectivity index (χ0v) is 19.2. The zero-order chi connectivity index (χ0) is 23.7. The molecule has 4 nitrogen and oxygen atoms in total. The first-order valence-electron chi connectivity index (χ1n) is 11.8. The van der Waals surface area contributed by atoms with Crippen LogP contribution in [-0.2, 0) is 4.79 Å². The van der Waals surface area contributed by atoms with Gasteiger partial charge in [0.05, 0.1) is 11.8 Å². The molecule has 35 heavy (non-hydrogen) atoms. The number of aromatic hydroxyl groups is 1. The van der Waals surface area contributed by atoms with Crippen molar-refractivity contribution < 1.29 is 9.90 Å². The van der Waals surface area contributed by atoms with Crippen LogP contribution in [0.25, 0.3) is 43.1 Å². The van der Waals surface area contributed by atoms with Gasteiger partial charge in [-0.15, -0.1) is 0 Å². The quantitative estimate of drug-likeness (QED) is 0.283. The van der Waals surface area contributed by atoms with Crippen LogP contribution in [0.2, 0.25) is 0 Å². The molecule has 0 saturated carbocycles. The topological polar surface area (TPSA) is 52.9 Å². The molecule has 4 heteroatoms. The third-order valence-electron chi connectivity index (χ3n) is 7.35. The van der Waals surface area contributed by atoms with E-state index in [1.165, 1.54) is 26.9 Å². The summed E-state index contributed by atoms with van der Waals surface area (Å²) in [5.41, 5.74) is 2.50. The molecule has 0 bridgehead atoms. The van der Waals surface area contributed by atoms with Crippen LogP contribution in [0, 0.1) is 0 Å². The zero-order valence-electron chi connectivity index (χ0n) is 19.2. The van der Waals surface area contributed by atoms with E-state index in [0.717, 1.165) is 27.4 Å². The molecular weight excluding hydrogens is 432 g/mol. The Morgan fingerprint density at radius 2 is 1.43 bits per heavy atom. The molecule has 1 heterocycles. The van der Waals surface area contributed by atoms with Gasteiger partial charge in [-0.3, -0.25) is 4.79 Å². The van der Waals surface area contributed by atoms with Crippen LogP contribution in [0.5, 0.6) is 5.75 Å². The van der Waals surface area contributed by atoms with Crippen molar-refractivity contribution in [3.8, 4) is 5.75 Å². The number of nitrogens with zero attached hydrogens (tertiary/aromatic N) is 2. The molecule has 7 rings (SSSR count). The third-order valence-corrected chi connectivity index (χ3v) is 7.35. The molecule has 1 atom stereocenters. The van der Waals surface area contributed by atoms with Crippen molar-refractivity contribution in [3.63, 3.8) is 0 Å². The van der Waals surface area contributed by atoms with E-state index in [-0.39, 0.29) is 17.7 Å². The molecule has 0 spiro atoms. The maximum absolute atomic E-state index is 12.8. The Morgan fingerprint density at radius 3 is 2.23 bits per heavy atom. The van der Waals surface area contributed by atoms with E-state index in [1.54, 1.807) is 18.0 Å². The molecule has 1 aliphatic heterocycles. The molecule has 0 aliphatic carbocycles. The molecule has 1 amide bonds. The maximum atomic E-state index is 12.8. The summed E-state index contributed by atoms with van der Waals surface area (Å²) in [6, 6.07) is 30.7. The van der Waals surface area contributed by atoms with Gasteiger partial charge in [0, 0.05) is 18.9 Å². The van der Waals surface area contributed by atoms with E-state index >= 15 is 0 Å². The number of fused-ring (bicyclic) bond motifs is 1. The second-order valence-electron chi connectivity index (χ2n) is 9.32. The SMILES string of the molecule is CC(=O)N1N=C(c2c(O)ccc3ccccc23)CC1c1ccc2ccc3cccc4ccc1c2c34. The number of carbonyl (C=O) groups excluding carboxylic acids is 1. The molecule has 0 saturated heterocycles. The molecule has 0 radical (unpaired) electrons. The molecule has 0 fully saturated rings. The monoisotopic (exact) mass is 454 g/mol. The number of phenols is 1. The van der Waals surface area contributed by atoms with E-state index in [0.29, 0.717) is 12.0 Å². The Kier molecular flexibility index (Phi) is 4.15. The van der Waals surface area contributed by atoms with Crippen molar-refractivity contribution in [2.24, 2.45) is 5.10 Å². The number of benzene rings is 6. The van der Waals surface area contributed by atoms with Gasteiger partial charge in [-0.05, 0) is 54.7 Å². The predicted octanol–water partition coefficient (Wildman–Crippen LogP) is 7.14. The van der Waals surface area contributed by atoms with Crippen LogP contribution in [0.1, 0.15) is 30.5 Å². The van der Waals surface area contributed by atoms with Crippen LogP contribution >= 0.6 is 0 Å². The number of hydrogen-bond acceptors (Lipinski definition) is 3. The largest absolute Gasteiger partial charge is 0.507 e. The van der Waals surface area contributed by atoms with Gasteiger partial charge in [0.25, 0.3) is 0 Å².